The highest BCUT2D eigenvalue weighted by molar-refractivity contribution is 5.94. The van der Waals surface area contributed by atoms with Crippen LogP contribution >= 0.6 is 0 Å². The number of hydrogen-bond acceptors (Lipinski definition) is 6. The van der Waals surface area contributed by atoms with Gasteiger partial charge in [0.25, 0.3) is 0 Å². The number of esters is 1. The zero-order chi connectivity index (χ0) is 18.7. The predicted octanol–water partition coefficient (Wildman–Crippen LogP) is 2.84. The molecule has 1 saturated heterocycles. The Morgan fingerprint density at radius 2 is 2.15 bits per heavy atom. The number of carbonyl (C=O) groups excluding carboxylic acids is 2. The van der Waals surface area contributed by atoms with Gasteiger partial charge in [-0.2, -0.15) is 0 Å². The molecule has 6 nitrogen and oxygen atoms in total. The van der Waals surface area contributed by atoms with Crippen LogP contribution in [0.25, 0.3) is 0 Å². The maximum absolute atomic E-state index is 11.7. The topological polar surface area (TPSA) is 72.4 Å². The molecule has 0 N–H and O–H groups in total. The Bertz CT molecular complexity index is 835. The lowest BCUT2D eigenvalue weighted by molar-refractivity contribution is 0.0600. The average Bonchev–Trinajstić information content (AvgIpc) is 3.09. The monoisotopic (exact) mass is 353 g/mol. The molecule has 3 rings (SSSR count). The van der Waals surface area contributed by atoms with E-state index in [1.54, 1.807) is 12.3 Å². The molecule has 1 fully saturated rings. The highest BCUT2D eigenvalue weighted by Crippen LogP contribution is 2.25. The maximum atomic E-state index is 11.7. The van der Waals surface area contributed by atoms with Crippen molar-refractivity contribution in [2.75, 3.05) is 25.1 Å². The fourth-order valence-corrected chi connectivity index (χ4v) is 3.41. The number of hydrogen-bond donors (Lipinski definition) is 0. The molecule has 2 aromatic rings. The summed E-state index contributed by atoms with van der Waals surface area (Å²) in [5.41, 5.74) is 3.00. The molecule has 0 bridgehead atoms. The number of anilines is 1. The first-order chi connectivity index (χ1) is 12.5. The number of aryl methyl sites for hydroxylation is 1. The molecular formula is C20H23N3O3. The van der Waals surface area contributed by atoms with Gasteiger partial charge < -0.3 is 9.64 Å². The molecule has 6 heteroatoms. The van der Waals surface area contributed by atoms with E-state index < -0.39 is 0 Å². The molecule has 136 valence electrons. The Morgan fingerprint density at radius 1 is 1.35 bits per heavy atom. The van der Waals surface area contributed by atoms with Crippen LogP contribution in [0.1, 0.15) is 45.3 Å². The van der Waals surface area contributed by atoms with Crippen molar-refractivity contribution in [3.05, 3.63) is 52.8 Å². The number of aromatic nitrogens is 2. The molecule has 0 amide bonds. The summed E-state index contributed by atoms with van der Waals surface area (Å²) in [6.07, 6.45) is 3.55. The van der Waals surface area contributed by atoms with E-state index in [1.165, 1.54) is 14.0 Å². The van der Waals surface area contributed by atoms with Gasteiger partial charge in [-0.05, 0) is 50.3 Å². The molecule has 0 saturated carbocycles. The van der Waals surface area contributed by atoms with Crippen LogP contribution in [0.2, 0.25) is 0 Å². The van der Waals surface area contributed by atoms with Gasteiger partial charge in [0, 0.05) is 19.3 Å². The standard InChI is InChI=1S/C20H23N3O3/c1-13-18(14(2)24)11-21-20(22-13)23-8-7-16(12-23)9-15-5-4-6-17(10-15)19(25)26-3/h4-6,10-11,16H,7-9,12H2,1-3H3. The lowest BCUT2D eigenvalue weighted by atomic mass is 9.97. The summed E-state index contributed by atoms with van der Waals surface area (Å²) in [6, 6.07) is 7.60. The quantitative estimate of drug-likeness (QED) is 0.608. The Balaban J connectivity index is 1.67. The summed E-state index contributed by atoms with van der Waals surface area (Å²) >= 11 is 0. The van der Waals surface area contributed by atoms with E-state index in [0.29, 0.717) is 23.0 Å². The number of Topliss-reactive ketones (excluding diaryl/α,β-unsaturated/α-hetero) is 1. The van der Waals surface area contributed by atoms with Gasteiger partial charge in [0.2, 0.25) is 5.95 Å². The molecule has 0 radical (unpaired) electrons. The van der Waals surface area contributed by atoms with Crippen LogP contribution < -0.4 is 4.90 Å². The number of ether oxygens (including phenoxy) is 1. The SMILES string of the molecule is COC(=O)c1cccc(CC2CCN(c3ncc(C(C)=O)c(C)n3)C2)c1. The molecule has 1 aromatic heterocycles. The fourth-order valence-electron chi connectivity index (χ4n) is 3.41. The maximum Gasteiger partial charge on any atom is 0.337 e. The van der Waals surface area contributed by atoms with Gasteiger partial charge in [-0.3, -0.25) is 4.79 Å². The number of carbonyl (C=O) groups is 2. The van der Waals surface area contributed by atoms with Crippen molar-refractivity contribution in [3.63, 3.8) is 0 Å². The van der Waals surface area contributed by atoms with Crippen molar-refractivity contribution in [3.8, 4) is 0 Å². The number of benzene rings is 1. The van der Waals surface area contributed by atoms with Gasteiger partial charge in [-0.25, -0.2) is 14.8 Å². The van der Waals surface area contributed by atoms with Crippen molar-refractivity contribution < 1.29 is 14.3 Å². The van der Waals surface area contributed by atoms with E-state index in [2.05, 4.69) is 14.9 Å². The van der Waals surface area contributed by atoms with Crippen LogP contribution in [-0.4, -0.2) is 41.9 Å². The third-order valence-electron chi connectivity index (χ3n) is 4.79. The third-order valence-corrected chi connectivity index (χ3v) is 4.79. The van der Waals surface area contributed by atoms with E-state index in [9.17, 15) is 9.59 Å². The molecule has 26 heavy (non-hydrogen) atoms. The summed E-state index contributed by atoms with van der Waals surface area (Å²) in [5, 5.41) is 0. The van der Waals surface area contributed by atoms with Gasteiger partial charge in [0.15, 0.2) is 5.78 Å². The Morgan fingerprint density at radius 3 is 2.85 bits per heavy atom. The Hall–Kier alpha value is -2.76. The van der Waals surface area contributed by atoms with Crippen molar-refractivity contribution in [1.29, 1.82) is 0 Å². The summed E-state index contributed by atoms with van der Waals surface area (Å²) in [6.45, 7) is 5.12. The van der Waals surface area contributed by atoms with Gasteiger partial charge in [-0.15, -0.1) is 0 Å². The fraction of sp³-hybridized carbons (Fsp3) is 0.400. The smallest absolute Gasteiger partial charge is 0.337 e. The van der Waals surface area contributed by atoms with Crippen LogP contribution in [0.3, 0.4) is 0 Å². The van der Waals surface area contributed by atoms with Crippen LogP contribution in [-0.2, 0) is 11.2 Å². The van der Waals surface area contributed by atoms with Crippen molar-refractivity contribution in [1.82, 2.24) is 9.97 Å². The van der Waals surface area contributed by atoms with Gasteiger partial charge in [-0.1, -0.05) is 12.1 Å². The summed E-state index contributed by atoms with van der Waals surface area (Å²) in [4.78, 5) is 34.2. The zero-order valence-electron chi connectivity index (χ0n) is 15.4. The second-order valence-electron chi connectivity index (χ2n) is 6.72. The van der Waals surface area contributed by atoms with Gasteiger partial charge in [0.05, 0.1) is 23.9 Å². The Labute approximate surface area is 153 Å². The minimum Gasteiger partial charge on any atom is -0.465 e. The van der Waals surface area contributed by atoms with Crippen LogP contribution in [0.4, 0.5) is 5.95 Å². The molecule has 1 aromatic carbocycles. The Kier molecular flexibility index (Phi) is 5.30. The minimum atomic E-state index is -0.311. The molecule has 0 aliphatic carbocycles. The largest absolute Gasteiger partial charge is 0.465 e. The van der Waals surface area contributed by atoms with Gasteiger partial charge in [0.1, 0.15) is 0 Å². The van der Waals surface area contributed by atoms with Crippen molar-refractivity contribution in [2.24, 2.45) is 5.92 Å². The molecule has 0 spiro atoms. The second kappa shape index (κ2) is 7.64. The minimum absolute atomic E-state index is 0.0150. The average molecular weight is 353 g/mol. The first-order valence-electron chi connectivity index (χ1n) is 8.74. The van der Waals surface area contributed by atoms with Crippen LogP contribution in [0.5, 0.6) is 0 Å². The normalized spacial score (nSPS) is 16.6. The number of rotatable bonds is 5. The molecular weight excluding hydrogens is 330 g/mol. The second-order valence-corrected chi connectivity index (χ2v) is 6.72. The van der Waals surface area contributed by atoms with Crippen molar-refractivity contribution >= 4 is 17.7 Å². The molecule has 1 aliphatic heterocycles. The van der Waals surface area contributed by atoms with E-state index >= 15 is 0 Å². The first kappa shape index (κ1) is 18.0. The zero-order valence-corrected chi connectivity index (χ0v) is 15.4. The lowest BCUT2D eigenvalue weighted by Gasteiger charge is -2.17. The van der Waals surface area contributed by atoms with Gasteiger partial charge >= 0.3 is 5.97 Å². The molecule has 1 aliphatic rings. The summed E-state index contributed by atoms with van der Waals surface area (Å²) in [5.74, 6) is 0.825. The molecule has 2 heterocycles. The van der Waals surface area contributed by atoms with E-state index in [1.807, 2.05) is 25.1 Å². The molecule has 1 unspecified atom stereocenters. The van der Waals surface area contributed by atoms with E-state index in [-0.39, 0.29) is 11.8 Å². The summed E-state index contributed by atoms with van der Waals surface area (Å²) in [7, 11) is 1.39. The van der Waals surface area contributed by atoms with Crippen LogP contribution in [0.15, 0.2) is 30.5 Å². The summed E-state index contributed by atoms with van der Waals surface area (Å²) < 4.78 is 4.79. The number of methoxy groups -OCH3 is 1. The van der Waals surface area contributed by atoms with Crippen molar-refractivity contribution in [2.45, 2.75) is 26.7 Å². The van der Waals surface area contributed by atoms with E-state index in [0.717, 1.165) is 37.2 Å². The first-order valence-corrected chi connectivity index (χ1v) is 8.74. The lowest BCUT2D eigenvalue weighted by Crippen LogP contribution is -2.23. The third kappa shape index (κ3) is 3.90. The highest BCUT2D eigenvalue weighted by Gasteiger charge is 2.25. The molecule has 1 atom stereocenters. The highest BCUT2D eigenvalue weighted by atomic mass is 16.5. The van der Waals surface area contributed by atoms with E-state index in [4.69, 9.17) is 4.74 Å². The number of nitrogens with zero attached hydrogens (tertiary/aromatic N) is 3. The van der Waals surface area contributed by atoms with Crippen LogP contribution in [0, 0.1) is 12.8 Å². The predicted molar refractivity (Wildman–Crippen MR) is 98.6 cm³/mol. The number of ketones is 1.